The van der Waals surface area contributed by atoms with Gasteiger partial charge in [0.15, 0.2) is 5.76 Å². The fourth-order valence-electron chi connectivity index (χ4n) is 1.73. The van der Waals surface area contributed by atoms with Crippen molar-refractivity contribution in [3.8, 4) is 11.8 Å². The van der Waals surface area contributed by atoms with E-state index in [4.69, 9.17) is 31.9 Å². The maximum absolute atomic E-state index is 11.4. The zero-order valence-corrected chi connectivity index (χ0v) is 11.9. The molecule has 0 radical (unpaired) electrons. The molecule has 0 atom stereocenters. The first-order valence-electron chi connectivity index (χ1n) is 5.98. The Morgan fingerprint density at radius 1 is 1.57 bits per heavy atom. The van der Waals surface area contributed by atoms with Crippen LogP contribution in [-0.4, -0.2) is 5.91 Å². The molecule has 1 aromatic heterocycles. The minimum atomic E-state index is -0.523. The molecule has 0 saturated carbocycles. The molecule has 1 amide bonds. The van der Waals surface area contributed by atoms with Crippen LogP contribution >= 0.6 is 11.6 Å². The van der Waals surface area contributed by atoms with Gasteiger partial charge in [-0.05, 0) is 25.1 Å². The first-order valence-corrected chi connectivity index (χ1v) is 6.36. The molecule has 1 aromatic carbocycles. The molecule has 2 rings (SSSR count). The van der Waals surface area contributed by atoms with E-state index >= 15 is 0 Å². The summed E-state index contributed by atoms with van der Waals surface area (Å²) in [5.74, 6) is 5.52. The highest BCUT2D eigenvalue weighted by Crippen LogP contribution is 2.26. The number of benzene rings is 1. The van der Waals surface area contributed by atoms with Crippen LogP contribution < -0.4 is 16.0 Å². The van der Waals surface area contributed by atoms with Gasteiger partial charge in [0, 0.05) is 5.56 Å². The normalized spacial score (nSPS) is 10.0. The lowest BCUT2D eigenvalue weighted by Gasteiger charge is -2.07. The number of nitrogens with two attached hydrogens (primary N) is 1. The fraction of sp³-hybridized carbons (Fsp3) is 0.143. The van der Waals surface area contributed by atoms with Crippen molar-refractivity contribution in [2.24, 2.45) is 5.84 Å². The minimum Gasteiger partial charge on any atom is -0.487 e. The Labute approximate surface area is 126 Å². The summed E-state index contributed by atoms with van der Waals surface area (Å²) < 4.78 is 10.8. The number of ether oxygens (including phenoxy) is 1. The smallest absolute Gasteiger partial charge is 0.300 e. The number of carbonyl (C=O) groups excluding carboxylic acids is 1. The van der Waals surface area contributed by atoms with Crippen molar-refractivity contribution >= 4 is 17.5 Å². The molecule has 1 heterocycles. The highest BCUT2D eigenvalue weighted by molar-refractivity contribution is 6.31. The zero-order chi connectivity index (χ0) is 15.4. The number of nitrogen functional groups attached to an aromatic ring is 1. The lowest BCUT2D eigenvalue weighted by Crippen LogP contribution is -2.29. The predicted octanol–water partition coefficient (Wildman–Crippen LogP) is 2.30. The number of hydrazine groups is 1. The van der Waals surface area contributed by atoms with Crippen LogP contribution in [0, 0.1) is 18.3 Å². The highest BCUT2D eigenvalue weighted by Gasteiger charge is 2.15. The summed E-state index contributed by atoms with van der Waals surface area (Å²) in [6.07, 6.45) is 0. The predicted molar refractivity (Wildman–Crippen MR) is 75.6 cm³/mol. The molecule has 0 unspecified atom stereocenters. The topological polar surface area (TPSA) is 101 Å². The molecule has 0 bridgehead atoms. The van der Waals surface area contributed by atoms with Gasteiger partial charge in [-0.2, -0.15) is 5.26 Å². The number of rotatable bonds is 4. The number of amides is 1. The van der Waals surface area contributed by atoms with Gasteiger partial charge in [-0.1, -0.05) is 17.7 Å². The van der Waals surface area contributed by atoms with E-state index in [0.717, 1.165) is 0 Å². The van der Waals surface area contributed by atoms with Gasteiger partial charge in [-0.25, -0.2) is 5.84 Å². The van der Waals surface area contributed by atoms with E-state index in [1.54, 1.807) is 25.1 Å². The SMILES string of the molecule is Cc1oc(C(=O)NN)cc1COc1cccc(Cl)c1C#N. The molecular formula is C14H12ClN3O3. The standard InChI is InChI=1S/C14H12ClN3O3/c1-8-9(5-13(21-8)14(19)18-17)7-20-12-4-2-3-11(15)10(12)6-16/h2-5H,7,17H2,1H3,(H,18,19). The van der Waals surface area contributed by atoms with Crippen molar-refractivity contribution in [1.29, 1.82) is 5.26 Å². The molecule has 0 aliphatic carbocycles. The van der Waals surface area contributed by atoms with Crippen molar-refractivity contribution in [1.82, 2.24) is 5.43 Å². The number of hydrogen-bond donors (Lipinski definition) is 2. The first-order chi connectivity index (χ1) is 10.1. The molecular weight excluding hydrogens is 294 g/mol. The number of aryl methyl sites for hydroxylation is 1. The minimum absolute atomic E-state index is 0.0974. The summed E-state index contributed by atoms with van der Waals surface area (Å²) in [6, 6.07) is 8.47. The number of hydrogen-bond acceptors (Lipinski definition) is 5. The van der Waals surface area contributed by atoms with E-state index < -0.39 is 5.91 Å². The lowest BCUT2D eigenvalue weighted by atomic mass is 10.2. The Morgan fingerprint density at radius 3 is 3.00 bits per heavy atom. The Bertz CT molecular complexity index is 719. The van der Waals surface area contributed by atoms with Crippen molar-refractivity contribution in [2.45, 2.75) is 13.5 Å². The van der Waals surface area contributed by atoms with E-state index in [9.17, 15) is 4.79 Å². The second kappa shape index (κ2) is 6.31. The second-order valence-electron chi connectivity index (χ2n) is 4.18. The van der Waals surface area contributed by atoms with E-state index in [1.165, 1.54) is 6.07 Å². The quantitative estimate of drug-likeness (QED) is 0.512. The number of nitrogens with zero attached hydrogens (tertiary/aromatic N) is 1. The van der Waals surface area contributed by atoms with E-state index in [2.05, 4.69) is 0 Å². The van der Waals surface area contributed by atoms with E-state index in [-0.39, 0.29) is 17.9 Å². The number of nitriles is 1. The van der Waals surface area contributed by atoms with Gasteiger partial charge in [0.25, 0.3) is 0 Å². The fourth-order valence-corrected chi connectivity index (χ4v) is 1.94. The Balaban J connectivity index is 2.18. The van der Waals surface area contributed by atoms with Crippen LogP contribution in [-0.2, 0) is 6.61 Å². The molecule has 0 aliphatic rings. The van der Waals surface area contributed by atoms with Crippen LogP contribution in [0.2, 0.25) is 5.02 Å². The second-order valence-corrected chi connectivity index (χ2v) is 4.59. The molecule has 3 N–H and O–H groups in total. The Hall–Kier alpha value is -2.49. The van der Waals surface area contributed by atoms with Gasteiger partial charge in [-0.15, -0.1) is 0 Å². The molecule has 0 fully saturated rings. The van der Waals surface area contributed by atoms with Gasteiger partial charge in [0.1, 0.15) is 29.7 Å². The zero-order valence-electron chi connectivity index (χ0n) is 11.1. The first kappa shape index (κ1) is 14.9. The molecule has 0 spiro atoms. The number of halogens is 1. The maximum Gasteiger partial charge on any atom is 0.300 e. The largest absolute Gasteiger partial charge is 0.487 e. The van der Waals surface area contributed by atoms with Crippen molar-refractivity contribution in [2.75, 3.05) is 0 Å². The molecule has 6 nitrogen and oxygen atoms in total. The van der Waals surface area contributed by atoms with Gasteiger partial charge >= 0.3 is 5.91 Å². The number of nitrogens with one attached hydrogen (secondary N) is 1. The molecule has 108 valence electrons. The number of furan rings is 1. The number of carbonyl (C=O) groups is 1. The van der Waals surface area contributed by atoms with Crippen LogP contribution in [0.25, 0.3) is 0 Å². The molecule has 7 heteroatoms. The van der Waals surface area contributed by atoms with Crippen LogP contribution in [0.15, 0.2) is 28.7 Å². The summed E-state index contributed by atoms with van der Waals surface area (Å²) in [4.78, 5) is 11.4. The molecule has 0 aliphatic heterocycles. The van der Waals surface area contributed by atoms with Crippen LogP contribution in [0.5, 0.6) is 5.75 Å². The van der Waals surface area contributed by atoms with E-state index in [0.29, 0.717) is 22.1 Å². The third-order valence-corrected chi connectivity index (χ3v) is 3.16. The van der Waals surface area contributed by atoms with Gasteiger partial charge in [-0.3, -0.25) is 10.2 Å². The maximum atomic E-state index is 11.4. The van der Waals surface area contributed by atoms with Crippen molar-refractivity contribution in [3.05, 3.63) is 51.9 Å². The summed E-state index contributed by atoms with van der Waals surface area (Å²) in [5, 5.41) is 9.38. The van der Waals surface area contributed by atoms with Gasteiger partial charge < -0.3 is 9.15 Å². The third kappa shape index (κ3) is 3.16. The van der Waals surface area contributed by atoms with E-state index in [1.807, 2.05) is 11.5 Å². The van der Waals surface area contributed by atoms with Crippen molar-refractivity contribution < 1.29 is 13.9 Å². The summed E-state index contributed by atoms with van der Waals surface area (Å²) >= 11 is 5.92. The summed E-state index contributed by atoms with van der Waals surface area (Å²) in [6.45, 7) is 1.84. The molecule has 21 heavy (non-hydrogen) atoms. The van der Waals surface area contributed by atoms with Crippen LogP contribution in [0.1, 0.15) is 27.4 Å². The summed E-state index contributed by atoms with van der Waals surface area (Å²) in [7, 11) is 0. The Morgan fingerprint density at radius 2 is 2.33 bits per heavy atom. The molecule has 0 saturated heterocycles. The average molecular weight is 306 g/mol. The van der Waals surface area contributed by atoms with Gasteiger partial charge in [0.2, 0.25) is 0 Å². The van der Waals surface area contributed by atoms with Crippen LogP contribution in [0.3, 0.4) is 0 Å². The summed E-state index contributed by atoms with van der Waals surface area (Å²) in [5.41, 5.74) is 2.93. The van der Waals surface area contributed by atoms with Gasteiger partial charge in [0.05, 0.1) is 5.02 Å². The Kier molecular flexibility index (Phi) is 4.48. The molecule has 2 aromatic rings. The monoisotopic (exact) mass is 305 g/mol. The highest BCUT2D eigenvalue weighted by atomic mass is 35.5. The van der Waals surface area contributed by atoms with Crippen LogP contribution in [0.4, 0.5) is 0 Å². The third-order valence-electron chi connectivity index (χ3n) is 2.85. The van der Waals surface area contributed by atoms with Crippen molar-refractivity contribution in [3.63, 3.8) is 0 Å². The average Bonchev–Trinajstić information content (AvgIpc) is 2.85. The lowest BCUT2D eigenvalue weighted by molar-refractivity contribution is 0.0924.